The number of rotatable bonds is 5. The quantitative estimate of drug-likeness (QED) is 0.884. The monoisotopic (exact) mass is 249 g/mol. The average molecular weight is 249 g/mol. The second kappa shape index (κ2) is 5.80. The lowest BCUT2D eigenvalue weighted by atomic mass is 10.1. The largest absolute Gasteiger partial charge is 0.497 e. The number of hydrogen-bond acceptors (Lipinski definition) is 4. The van der Waals surface area contributed by atoms with Crippen molar-refractivity contribution in [2.75, 3.05) is 7.11 Å². The molecule has 1 unspecified atom stereocenters. The Kier molecular flexibility index (Phi) is 4.12. The van der Waals surface area contributed by atoms with Gasteiger partial charge < -0.3 is 9.84 Å². The van der Waals surface area contributed by atoms with Crippen molar-refractivity contribution < 1.29 is 9.84 Å². The molecule has 0 fully saturated rings. The van der Waals surface area contributed by atoms with E-state index in [2.05, 4.69) is 4.98 Å². The molecule has 4 heteroatoms. The Labute approximate surface area is 105 Å². The Morgan fingerprint density at radius 2 is 2.06 bits per heavy atom. The van der Waals surface area contributed by atoms with Crippen molar-refractivity contribution in [3.63, 3.8) is 0 Å². The zero-order valence-corrected chi connectivity index (χ0v) is 10.5. The molecule has 3 nitrogen and oxygen atoms in total. The van der Waals surface area contributed by atoms with Gasteiger partial charge in [0.2, 0.25) is 0 Å². The fourth-order valence-electron chi connectivity index (χ4n) is 1.66. The fourth-order valence-corrected chi connectivity index (χ4v) is 2.35. The van der Waals surface area contributed by atoms with Crippen LogP contribution in [0, 0.1) is 0 Å². The lowest BCUT2D eigenvalue weighted by Gasteiger charge is -2.09. The number of aliphatic hydroxyl groups is 1. The standard InChI is InChI=1S/C13H15NO2S/c1-16-12-4-2-10(3-5-12)8-11(15)9-13-14-6-7-17-13/h2-7,11,15H,8-9H2,1H3. The summed E-state index contributed by atoms with van der Waals surface area (Å²) in [7, 11) is 1.65. The molecule has 2 rings (SSSR count). The van der Waals surface area contributed by atoms with Crippen LogP contribution in [0.25, 0.3) is 0 Å². The summed E-state index contributed by atoms with van der Waals surface area (Å²) in [5.41, 5.74) is 1.11. The first-order valence-electron chi connectivity index (χ1n) is 5.47. The molecule has 17 heavy (non-hydrogen) atoms. The summed E-state index contributed by atoms with van der Waals surface area (Å²) in [5, 5.41) is 12.8. The molecule has 0 bridgehead atoms. The second-order valence-electron chi connectivity index (χ2n) is 3.84. The third-order valence-corrected chi connectivity index (χ3v) is 3.33. The van der Waals surface area contributed by atoms with Crippen LogP contribution in [-0.4, -0.2) is 23.3 Å². The Balaban J connectivity index is 1.91. The van der Waals surface area contributed by atoms with Gasteiger partial charge in [0.05, 0.1) is 18.2 Å². The van der Waals surface area contributed by atoms with Gasteiger partial charge in [-0.05, 0) is 24.1 Å². The van der Waals surface area contributed by atoms with Crippen LogP contribution in [0.15, 0.2) is 35.8 Å². The van der Waals surface area contributed by atoms with Crippen LogP contribution in [-0.2, 0) is 12.8 Å². The number of hydrogen-bond donors (Lipinski definition) is 1. The molecule has 90 valence electrons. The third kappa shape index (κ3) is 3.54. The smallest absolute Gasteiger partial charge is 0.118 e. The van der Waals surface area contributed by atoms with Gasteiger partial charge in [0.1, 0.15) is 5.75 Å². The summed E-state index contributed by atoms with van der Waals surface area (Å²) in [6.45, 7) is 0. The van der Waals surface area contributed by atoms with Gasteiger partial charge in [-0.2, -0.15) is 0 Å². The predicted octanol–water partition coefficient (Wildman–Crippen LogP) is 2.30. The van der Waals surface area contributed by atoms with Crippen LogP contribution in [0.4, 0.5) is 0 Å². The third-order valence-electron chi connectivity index (χ3n) is 2.52. The second-order valence-corrected chi connectivity index (χ2v) is 4.82. The Bertz CT molecular complexity index is 439. The van der Waals surface area contributed by atoms with Gasteiger partial charge in [-0.15, -0.1) is 11.3 Å². The summed E-state index contributed by atoms with van der Waals surface area (Å²) in [6.07, 6.45) is 2.64. The number of thiazole rings is 1. The van der Waals surface area contributed by atoms with Gasteiger partial charge in [0, 0.05) is 18.0 Å². The SMILES string of the molecule is COc1ccc(CC(O)Cc2nccs2)cc1. The van der Waals surface area contributed by atoms with Crippen LogP contribution in [0.1, 0.15) is 10.6 Å². The molecule has 1 heterocycles. The van der Waals surface area contributed by atoms with Crippen molar-refractivity contribution >= 4 is 11.3 Å². The van der Waals surface area contributed by atoms with Gasteiger partial charge >= 0.3 is 0 Å². The minimum absolute atomic E-state index is 0.380. The van der Waals surface area contributed by atoms with E-state index in [-0.39, 0.29) is 6.10 Å². The van der Waals surface area contributed by atoms with Crippen molar-refractivity contribution in [3.8, 4) is 5.75 Å². The van der Waals surface area contributed by atoms with Crippen molar-refractivity contribution in [2.45, 2.75) is 18.9 Å². The molecule has 0 aliphatic heterocycles. The van der Waals surface area contributed by atoms with E-state index in [0.717, 1.165) is 16.3 Å². The lowest BCUT2D eigenvalue weighted by Crippen LogP contribution is -2.13. The minimum Gasteiger partial charge on any atom is -0.497 e. The average Bonchev–Trinajstić information content (AvgIpc) is 2.82. The maximum absolute atomic E-state index is 9.94. The summed E-state index contributed by atoms with van der Waals surface area (Å²) < 4.78 is 5.09. The highest BCUT2D eigenvalue weighted by Crippen LogP contribution is 2.15. The molecule has 1 aromatic heterocycles. The minimum atomic E-state index is -0.380. The van der Waals surface area contributed by atoms with Gasteiger partial charge in [-0.1, -0.05) is 12.1 Å². The Morgan fingerprint density at radius 1 is 1.29 bits per heavy atom. The van der Waals surface area contributed by atoms with Gasteiger partial charge in [-0.3, -0.25) is 0 Å². The highest BCUT2D eigenvalue weighted by atomic mass is 32.1. The topological polar surface area (TPSA) is 42.4 Å². The number of methoxy groups -OCH3 is 1. The molecule has 1 atom stereocenters. The first kappa shape index (κ1) is 12.1. The fraction of sp³-hybridized carbons (Fsp3) is 0.308. The summed E-state index contributed by atoms with van der Waals surface area (Å²) in [5.74, 6) is 0.836. The molecule has 0 aliphatic rings. The van der Waals surface area contributed by atoms with E-state index in [1.807, 2.05) is 29.6 Å². The highest BCUT2D eigenvalue weighted by molar-refractivity contribution is 7.09. The van der Waals surface area contributed by atoms with E-state index in [4.69, 9.17) is 4.74 Å². The normalized spacial score (nSPS) is 12.4. The summed E-state index contributed by atoms with van der Waals surface area (Å²) in [6, 6.07) is 7.77. The van der Waals surface area contributed by atoms with Gasteiger partial charge in [-0.25, -0.2) is 4.98 Å². The van der Waals surface area contributed by atoms with Crippen LogP contribution in [0.3, 0.4) is 0 Å². The van der Waals surface area contributed by atoms with Gasteiger partial charge in [0.15, 0.2) is 0 Å². The molecular formula is C13H15NO2S. The van der Waals surface area contributed by atoms with Crippen molar-refractivity contribution in [3.05, 3.63) is 46.4 Å². The number of nitrogens with zero attached hydrogens (tertiary/aromatic N) is 1. The molecule has 0 amide bonds. The summed E-state index contributed by atoms with van der Waals surface area (Å²) in [4.78, 5) is 4.16. The Hall–Kier alpha value is -1.39. The highest BCUT2D eigenvalue weighted by Gasteiger charge is 2.08. The van der Waals surface area contributed by atoms with Crippen LogP contribution in [0.5, 0.6) is 5.75 Å². The van der Waals surface area contributed by atoms with Gasteiger partial charge in [0.25, 0.3) is 0 Å². The van der Waals surface area contributed by atoms with Crippen molar-refractivity contribution in [2.24, 2.45) is 0 Å². The first-order chi connectivity index (χ1) is 8.28. The molecular weight excluding hydrogens is 234 g/mol. The van der Waals surface area contributed by atoms with Crippen molar-refractivity contribution in [1.29, 1.82) is 0 Å². The van der Waals surface area contributed by atoms with Crippen LogP contribution in [0.2, 0.25) is 0 Å². The van der Waals surface area contributed by atoms with Crippen molar-refractivity contribution in [1.82, 2.24) is 4.98 Å². The molecule has 1 N–H and O–H groups in total. The molecule has 0 aliphatic carbocycles. The molecule has 0 saturated heterocycles. The number of ether oxygens (including phenoxy) is 1. The van der Waals surface area contributed by atoms with E-state index < -0.39 is 0 Å². The summed E-state index contributed by atoms with van der Waals surface area (Å²) >= 11 is 1.58. The van der Waals surface area contributed by atoms with E-state index in [0.29, 0.717) is 12.8 Å². The van der Waals surface area contributed by atoms with E-state index >= 15 is 0 Å². The molecule has 2 aromatic rings. The molecule has 0 spiro atoms. The molecule has 0 saturated carbocycles. The predicted molar refractivity (Wildman–Crippen MR) is 68.5 cm³/mol. The maximum atomic E-state index is 9.94. The van der Waals surface area contributed by atoms with Crippen LogP contribution >= 0.6 is 11.3 Å². The van der Waals surface area contributed by atoms with Crippen LogP contribution < -0.4 is 4.74 Å². The van der Waals surface area contributed by atoms with E-state index in [9.17, 15) is 5.11 Å². The van der Waals surface area contributed by atoms with E-state index in [1.54, 1.807) is 24.6 Å². The molecule has 0 radical (unpaired) electrons. The van der Waals surface area contributed by atoms with E-state index in [1.165, 1.54) is 0 Å². The zero-order valence-electron chi connectivity index (χ0n) is 9.67. The molecule has 1 aromatic carbocycles. The maximum Gasteiger partial charge on any atom is 0.118 e. The zero-order chi connectivity index (χ0) is 12.1. The number of benzene rings is 1. The number of aliphatic hydroxyl groups excluding tert-OH is 1. The lowest BCUT2D eigenvalue weighted by molar-refractivity contribution is 0.175. The Morgan fingerprint density at radius 3 is 2.65 bits per heavy atom. The first-order valence-corrected chi connectivity index (χ1v) is 6.35. The number of aromatic nitrogens is 1.